The Balaban J connectivity index is 1.76. The molecule has 2 aliphatic heterocycles. The quantitative estimate of drug-likeness (QED) is 0.298. The zero-order valence-electron chi connectivity index (χ0n) is 15.4. The number of amides is 2. The molecule has 0 N–H and O–H groups in total. The van der Waals surface area contributed by atoms with Crippen molar-refractivity contribution in [3.63, 3.8) is 0 Å². The van der Waals surface area contributed by atoms with Gasteiger partial charge in [-0.1, -0.05) is 0 Å². The van der Waals surface area contributed by atoms with Crippen LogP contribution in [0.25, 0.3) is 0 Å². The smallest absolute Gasteiger partial charge is 0.399 e. The summed E-state index contributed by atoms with van der Waals surface area (Å²) >= 11 is 0. The number of allylic oxidation sites excluding steroid dienone is 3. The van der Waals surface area contributed by atoms with Gasteiger partial charge in [0.1, 0.15) is 5.57 Å². The van der Waals surface area contributed by atoms with E-state index >= 15 is 0 Å². The molecule has 0 aromatic rings. The van der Waals surface area contributed by atoms with Gasteiger partial charge in [0.2, 0.25) is 0 Å². The highest BCUT2D eigenvalue weighted by atomic mass is 16.7. The van der Waals surface area contributed by atoms with E-state index in [2.05, 4.69) is 4.84 Å². The average Bonchev–Trinajstić information content (AvgIpc) is 2.98. The van der Waals surface area contributed by atoms with E-state index in [1.807, 2.05) is 0 Å². The summed E-state index contributed by atoms with van der Waals surface area (Å²) in [6, 6.07) is 0. The third kappa shape index (κ3) is 3.26. The van der Waals surface area contributed by atoms with E-state index in [-0.39, 0.29) is 18.3 Å². The zero-order chi connectivity index (χ0) is 20.1. The standard InChI is InChI=1S/C17H18BNO8/c1-16(2)17(3,4)27-18(26-16)10-8-11(20)9(7-12(10)21)15(24)25-19-13(22)5-6-14(19)23/h7-8H,5-6H2,1-4H3. The number of hydrogen-bond acceptors (Lipinski definition) is 8. The summed E-state index contributed by atoms with van der Waals surface area (Å²) in [7, 11) is -1.05. The van der Waals surface area contributed by atoms with Gasteiger partial charge in [-0.25, -0.2) is 4.79 Å². The monoisotopic (exact) mass is 375 g/mol. The lowest BCUT2D eigenvalue weighted by Crippen LogP contribution is -2.41. The fourth-order valence-corrected chi connectivity index (χ4v) is 2.68. The van der Waals surface area contributed by atoms with Crippen molar-refractivity contribution in [2.24, 2.45) is 0 Å². The van der Waals surface area contributed by atoms with Crippen LogP contribution < -0.4 is 0 Å². The lowest BCUT2D eigenvalue weighted by Gasteiger charge is -2.32. The largest absolute Gasteiger partial charge is 0.499 e. The van der Waals surface area contributed by atoms with Crippen molar-refractivity contribution in [1.82, 2.24) is 5.06 Å². The van der Waals surface area contributed by atoms with E-state index in [1.54, 1.807) is 27.7 Å². The highest BCUT2D eigenvalue weighted by Crippen LogP contribution is 2.39. The predicted molar refractivity (Wildman–Crippen MR) is 89.4 cm³/mol. The molecule has 142 valence electrons. The molecule has 2 amide bonds. The lowest BCUT2D eigenvalue weighted by atomic mass is 9.72. The summed E-state index contributed by atoms with van der Waals surface area (Å²) in [5.41, 5.74) is -2.03. The maximum absolute atomic E-state index is 12.4. The van der Waals surface area contributed by atoms with E-state index in [0.29, 0.717) is 5.06 Å². The number of imide groups is 1. The Morgan fingerprint density at radius 3 is 2.00 bits per heavy atom. The van der Waals surface area contributed by atoms with Crippen LogP contribution in [0.4, 0.5) is 0 Å². The molecule has 2 fully saturated rings. The molecule has 1 aliphatic carbocycles. The summed E-state index contributed by atoms with van der Waals surface area (Å²) in [5, 5.41) is 0.314. The highest BCUT2D eigenvalue weighted by molar-refractivity contribution is 6.64. The van der Waals surface area contributed by atoms with Crippen LogP contribution in [0.1, 0.15) is 40.5 Å². The van der Waals surface area contributed by atoms with Crippen molar-refractivity contribution < 1.29 is 38.1 Å². The van der Waals surface area contributed by atoms with Gasteiger partial charge in [-0.2, -0.15) is 0 Å². The Bertz CT molecular complexity index is 806. The first-order chi connectivity index (χ1) is 12.4. The SMILES string of the molecule is CC1(C)OB(C2=CC(=O)C(C(=O)ON3C(=O)CCC3=O)=CC2=O)OC1(C)C. The van der Waals surface area contributed by atoms with Crippen molar-refractivity contribution in [3.8, 4) is 0 Å². The van der Waals surface area contributed by atoms with Crippen LogP contribution >= 0.6 is 0 Å². The summed E-state index contributed by atoms with van der Waals surface area (Å²) in [4.78, 5) is 64.6. The molecule has 10 heteroatoms. The van der Waals surface area contributed by atoms with Crippen molar-refractivity contribution in [2.75, 3.05) is 0 Å². The van der Waals surface area contributed by atoms with Crippen LogP contribution in [0.15, 0.2) is 23.2 Å². The van der Waals surface area contributed by atoms with Gasteiger partial charge >= 0.3 is 13.1 Å². The fourth-order valence-electron chi connectivity index (χ4n) is 2.68. The number of hydrogen-bond donors (Lipinski definition) is 0. The van der Waals surface area contributed by atoms with Crippen molar-refractivity contribution in [2.45, 2.75) is 51.7 Å². The molecule has 0 radical (unpaired) electrons. The van der Waals surface area contributed by atoms with Gasteiger partial charge in [0.05, 0.1) is 11.2 Å². The molecule has 0 aromatic heterocycles. The Morgan fingerprint density at radius 2 is 1.48 bits per heavy atom. The molecular formula is C17H18BNO8. The van der Waals surface area contributed by atoms with Gasteiger partial charge in [0.25, 0.3) is 11.8 Å². The van der Waals surface area contributed by atoms with Gasteiger partial charge in [0.15, 0.2) is 11.6 Å². The Kier molecular flexibility index (Phi) is 4.43. The fraction of sp³-hybridized carbons (Fsp3) is 0.471. The minimum absolute atomic E-state index is 0.0384. The second-order valence-electron chi connectivity index (χ2n) is 7.44. The summed E-state index contributed by atoms with van der Waals surface area (Å²) in [5.74, 6) is -4.07. The first-order valence-corrected chi connectivity index (χ1v) is 8.38. The van der Waals surface area contributed by atoms with Crippen LogP contribution in [0.5, 0.6) is 0 Å². The summed E-state index contributed by atoms with van der Waals surface area (Å²) < 4.78 is 11.5. The molecule has 2 saturated heterocycles. The van der Waals surface area contributed by atoms with Gasteiger partial charge in [-0.15, -0.1) is 5.06 Å². The van der Waals surface area contributed by atoms with Gasteiger partial charge in [-0.3, -0.25) is 19.2 Å². The molecule has 0 atom stereocenters. The number of hydroxylamine groups is 2. The maximum atomic E-state index is 12.4. The molecule has 0 spiro atoms. The first-order valence-electron chi connectivity index (χ1n) is 8.38. The van der Waals surface area contributed by atoms with Crippen LogP contribution in [-0.2, 0) is 38.1 Å². The molecule has 2 heterocycles. The van der Waals surface area contributed by atoms with Crippen molar-refractivity contribution >= 4 is 36.5 Å². The minimum Gasteiger partial charge on any atom is -0.399 e. The normalized spacial score (nSPS) is 24.3. The number of rotatable bonds is 3. The van der Waals surface area contributed by atoms with Crippen LogP contribution in [-0.4, -0.2) is 52.7 Å². The van der Waals surface area contributed by atoms with Gasteiger partial charge in [-0.05, 0) is 33.8 Å². The topological polar surface area (TPSA) is 116 Å². The second kappa shape index (κ2) is 6.24. The van der Waals surface area contributed by atoms with Gasteiger partial charge < -0.3 is 14.1 Å². The van der Waals surface area contributed by atoms with E-state index in [4.69, 9.17) is 9.31 Å². The Hall–Kier alpha value is -2.59. The van der Waals surface area contributed by atoms with E-state index in [9.17, 15) is 24.0 Å². The van der Waals surface area contributed by atoms with Crippen LogP contribution in [0, 0.1) is 0 Å². The van der Waals surface area contributed by atoms with Crippen LogP contribution in [0.3, 0.4) is 0 Å². The molecule has 3 rings (SSSR count). The molecule has 0 bridgehead atoms. The number of nitrogens with zero attached hydrogens (tertiary/aromatic N) is 1. The zero-order valence-corrected chi connectivity index (χ0v) is 15.4. The van der Waals surface area contributed by atoms with Crippen molar-refractivity contribution in [3.05, 3.63) is 23.2 Å². The lowest BCUT2D eigenvalue weighted by molar-refractivity contribution is -0.194. The second-order valence-corrected chi connectivity index (χ2v) is 7.44. The van der Waals surface area contributed by atoms with Crippen LogP contribution in [0.2, 0.25) is 0 Å². The third-order valence-electron chi connectivity index (χ3n) is 5.02. The Labute approximate surface area is 155 Å². The highest BCUT2D eigenvalue weighted by Gasteiger charge is 2.54. The number of carbonyl (C=O) groups is 5. The van der Waals surface area contributed by atoms with E-state index in [0.717, 1.165) is 12.2 Å². The number of carbonyl (C=O) groups excluding carboxylic acids is 5. The number of ketones is 2. The predicted octanol–water partition coefficient (Wildman–Crippen LogP) is 0.230. The molecule has 27 heavy (non-hydrogen) atoms. The van der Waals surface area contributed by atoms with Gasteiger partial charge in [0, 0.05) is 24.4 Å². The first kappa shape index (κ1) is 19.2. The molecule has 0 aromatic carbocycles. The van der Waals surface area contributed by atoms with E-state index < -0.39 is 53.2 Å². The maximum Gasteiger partial charge on any atom is 0.499 e. The third-order valence-corrected chi connectivity index (χ3v) is 5.02. The average molecular weight is 375 g/mol. The van der Waals surface area contributed by atoms with E-state index in [1.165, 1.54) is 0 Å². The molecule has 0 saturated carbocycles. The summed E-state index contributed by atoms with van der Waals surface area (Å²) in [6.07, 6.45) is 1.60. The van der Waals surface area contributed by atoms with Crippen molar-refractivity contribution in [1.29, 1.82) is 0 Å². The molecular weight excluding hydrogens is 357 g/mol. The molecule has 3 aliphatic rings. The molecule has 0 unspecified atom stereocenters. The Morgan fingerprint density at radius 1 is 0.963 bits per heavy atom. The summed E-state index contributed by atoms with van der Waals surface area (Å²) in [6.45, 7) is 7.19. The minimum atomic E-state index is -1.25. The molecule has 9 nitrogen and oxygen atoms in total.